The predicted octanol–water partition coefficient (Wildman–Crippen LogP) is 3.20. The van der Waals surface area contributed by atoms with Gasteiger partial charge in [0.15, 0.2) is 11.5 Å². The molecule has 5 heteroatoms. The zero-order valence-electron chi connectivity index (χ0n) is 12.1. The van der Waals surface area contributed by atoms with Crippen LogP contribution < -0.4 is 15.2 Å². The molecule has 2 aromatic rings. The summed E-state index contributed by atoms with van der Waals surface area (Å²) in [5, 5.41) is 0. The van der Waals surface area contributed by atoms with Gasteiger partial charge in [0, 0.05) is 6.07 Å². The van der Waals surface area contributed by atoms with Crippen molar-refractivity contribution < 1.29 is 18.3 Å². The van der Waals surface area contributed by atoms with Crippen LogP contribution >= 0.6 is 0 Å². The van der Waals surface area contributed by atoms with Crippen LogP contribution in [-0.2, 0) is 5.54 Å². The molecule has 0 aromatic heterocycles. The van der Waals surface area contributed by atoms with E-state index < -0.39 is 17.2 Å². The summed E-state index contributed by atoms with van der Waals surface area (Å²) in [5.41, 5.74) is 6.21. The van der Waals surface area contributed by atoms with E-state index in [0.29, 0.717) is 22.6 Å². The second kappa shape index (κ2) is 5.69. The van der Waals surface area contributed by atoms with E-state index in [1.807, 2.05) is 0 Å². The van der Waals surface area contributed by atoms with E-state index in [0.717, 1.165) is 6.07 Å². The number of benzene rings is 2. The normalized spacial score (nSPS) is 13.6. The van der Waals surface area contributed by atoms with Crippen molar-refractivity contribution in [1.29, 1.82) is 0 Å². The summed E-state index contributed by atoms with van der Waals surface area (Å²) in [5.74, 6) is -0.268. The van der Waals surface area contributed by atoms with Crippen LogP contribution in [0, 0.1) is 11.6 Å². The van der Waals surface area contributed by atoms with Gasteiger partial charge in [-0.3, -0.25) is 0 Å². The van der Waals surface area contributed by atoms with Crippen LogP contribution in [0.3, 0.4) is 0 Å². The SMILES string of the molecule is COc1ccc(C(C)(N)c2cc(F)cc(F)c2)cc1OC. The van der Waals surface area contributed by atoms with Crippen molar-refractivity contribution >= 4 is 0 Å². The number of halogens is 2. The molecule has 112 valence electrons. The Morgan fingerprint density at radius 3 is 1.95 bits per heavy atom. The molecule has 2 N–H and O–H groups in total. The van der Waals surface area contributed by atoms with Gasteiger partial charge in [0.05, 0.1) is 19.8 Å². The molecule has 2 rings (SSSR count). The van der Waals surface area contributed by atoms with Crippen LogP contribution in [0.5, 0.6) is 11.5 Å². The zero-order chi connectivity index (χ0) is 15.6. The van der Waals surface area contributed by atoms with Crippen molar-refractivity contribution in [2.45, 2.75) is 12.5 Å². The third-order valence-corrected chi connectivity index (χ3v) is 3.45. The maximum absolute atomic E-state index is 13.4. The lowest BCUT2D eigenvalue weighted by atomic mass is 9.85. The number of rotatable bonds is 4. The van der Waals surface area contributed by atoms with Gasteiger partial charge in [-0.2, -0.15) is 0 Å². The van der Waals surface area contributed by atoms with E-state index in [2.05, 4.69) is 0 Å². The fraction of sp³-hybridized carbons (Fsp3) is 0.250. The van der Waals surface area contributed by atoms with Gasteiger partial charge in [0.25, 0.3) is 0 Å². The van der Waals surface area contributed by atoms with Crippen molar-refractivity contribution in [2.24, 2.45) is 5.73 Å². The molecule has 0 aliphatic carbocycles. The number of methoxy groups -OCH3 is 2. The van der Waals surface area contributed by atoms with E-state index in [1.165, 1.54) is 26.4 Å². The van der Waals surface area contributed by atoms with Crippen LogP contribution in [-0.4, -0.2) is 14.2 Å². The molecular weight excluding hydrogens is 276 g/mol. The van der Waals surface area contributed by atoms with Crippen LogP contribution in [0.4, 0.5) is 8.78 Å². The lowest BCUT2D eigenvalue weighted by Gasteiger charge is -2.27. The van der Waals surface area contributed by atoms with Crippen molar-refractivity contribution in [3.8, 4) is 11.5 Å². The molecule has 0 saturated carbocycles. The quantitative estimate of drug-likeness (QED) is 0.941. The van der Waals surface area contributed by atoms with Gasteiger partial charge >= 0.3 is 0 Å². The van der Waals surface area contributed by atoms with Crippen LogP contribution in [0.15, 0.2) is 36.4 Å². The monoisotopic (exact) mass is 293 g/mol. The van der Waals surface area contributed by atoms with Gasteiger partial charge in [-0.05, 0) is 42.3 Å². The fourth-order valence-electron chi connectivity index (χ4n) is 2.18. The molecule has 0 aliphatic rings. The van der Waals surface area contributed by atoms with Gasteiger partial charge in [-0.25, -0.2) is 8.78 Å². The summed E-state index contributed by atoms with van der Waals surface area (Å²) in [7, 11) is 3.04. The highest BCUT2D eigenvalue weighted by Crippen LogP contribution is 2.34. The molecule has 3 nitrogen and oxygen atoms in total. The maximum atomic E-state index is 13.4. The van der Waals surface area contributed by atoms with E-state index in [4.69, 9.17) is 15.2 Å². The number of hydrogen-bond acceptors (Lipinski definition) is 3. The molecule has 21 heavy (non-hydrogen) atoms. The highest BCUT2D eigenvalue weighted by molar-refractivity contribution is 5.48. The molecule has 0 fully saturated rings. The van der Waals surface area contributed by atoms with E-state index in [-0.39, 0.29) is 0 Å². The first-order valence-corrected chi connectivity index (χ1v) is 6.36. The number of nitrogens with two attached hydrogens (primary N) is 1. The Kier molecular flexibility index (Phi) is 4.14. The molecule has 0 aliphatic heterocycles. The average molecular weight is 293 g/mol. The largest absolute Gasteiger partial charge is 0.493 e. The minimum absolute atomic E-state index is 0.340. The summed E-state index contributed by atoms with van der Waals surface area (Å²) < 4.78 is 37.2. The summed E-state index contributed by atoms with van der Waals surface area (Å²) in [4.78, 5) is 0. The summed E-state index contributed by atoms with van der Waals surface area (Å²) in [6.07, 6.45) is 0. The summed E-state index contributed by atoms with van der Waals surface area (Å²) in [6.45, 7) is 1.68. The predicted molar refractivity (Wildman–Crippen MR) is 76.5 cm³/mol. The zero-order valence-corrected chi connectivity index (χ0v) is 12.1. The third-order valence-electron chi connectivity index (χ3n) is 3.45. The Hall–Kier alpha value is -2.14. The second-order valence-corrected chi connectivity index (χ2v) is 4.93. The minimum atomic E-state index is -1.07. The van der Waals surface area contributed by atoms with E-state index in [9.17, 15) is 8.78 Å². The standard InChI is InChI=1S/C16H17F2NO2/c1-16(19,11-6-12(17)9-13(18)7-11)10-4-5-14(20-2)15(8-10)21-3/h4-9H,19H2,1-3H3. The van der Waals surface area contributed by atoms with Crippen LogP contribution in [0.25, 0.3) is 0 Å². The summed E-state index contributed by atoms with van der Waals surface area (Å²) in [6, 6.07) is 8.40. The Balaban J connectivity index is 2.52. The Bertz CT molecular complexity index is 636. The lowest BCUT2D eigenvalue weighted by molar-refractivity contribution is 0.353. The molecule has 0 radical (unpaired) electrons. The smallest absolute Gasteiger partial charge is 0.161 e. The first kappa shape index (κ1) is 15.3. The molecular formula is C16H17F2NO2. The first-order valence-electron chi connectivity index (χ1n) is 6.36. The highest BCUT2D eigenvalue weighted by atomic mass is 19.1. The van der Waals surface area contributed by atoms with Gasteiger partial charge in [-0.1, -0.05) is 6.07 Å². The van der Waals surface area contributed by atoms with Crippen molar-refractivity contribution in [3.05, 3.63) is 59.2 Å². The van der Waals surface area contributed by atoms with Gasteiger partial charge < -0.3 is 15.2 Å². The lowest BCUT2D eigenvalue weighted by Crippen LogP contribution is -2.34. The third kappa shape index (κ3) is 2.97. The second-order valence-electron chi connectivity index (χ2n) is 4.93. The van der Waals surface area contributed by atoms with Crippen molar-refractivity contribution in [3.63, 3.8) is 0 Å². The highest BCUT2D eigenvalue weighted by Gasteiger charge is 2.26. The average Bonchev–Trinajstić information content (AvgIpc) is 2.45. The topological polar surface area (TPSA) is 44.5 Å². The molecule has 0 saturated heterocycles. The number of hydrogen-bond donors (Lipinski definition) is 1. The molecule has 2 aromatic carbocycles. The molecule has 0 amide bonds. The van der Waals surface area contributed by atoms with Gasteiger partial charge in [0.2, 0.25) is 0 Å². The molecule has 0 bridgehead atoms. The molecule has 1 unspecified atom stereocenters. The Morgan fingerprint density at radius 2 is 1.43 bits per heavy atom. The Morgan fingerprint density at radius 1 is 0.857 bits per heavy atom. The first-order chi connectivity index (χ1) is 9.88. The summed E-state index contributed by atoms with van der Waals surface area (Å²) >= 11 is 0. The van der Waals surface area contributed by atoms with Crippen molar-refractivity contribution in [1.82, 2.24) is 0 Å². The van der Waals surface area contributed by atoms with E-state index >= 15 is 0 Å². The van der Waals surface area contributed by atoms with Crippen molar-refractivity contribution in [2.75, 3.05) is 14.2 Å². The van der Waals surface area contributed by atoms with Gasteiger partial charge in [0.1, 0.15) is 11.6 Å². The fourth-order valence-corrected chi connectivity index (χ4v) is 2.18. The van der Waals surface area contributed by atoms with Crippen LogP contribution in [0.1, 0.15) is 18.1 Å². The Labute approximate surface area is 122 Å². The minimum Gasteiger partial charge on any atom is -0.493 e. The molecule has 0 spiro atoms. The van der Waals surface area contributed by atoms with Gasteiger partial charge in [-0.15, -0.1) is 0 Å². The number of ether oxygens (including phenoxy) is 2. The molecule has 0 heterocycles. The maximum Gasteiger partial charge on any atom is 0.161 e. The molecule has 1 atom stereocenters. The van der Waals surface area contributed by atoms with E-state index in [1.54, 1.807) is 25.1 Å². The van der Waals surface area contributed by atoms with Crippen LogP contribution in [0.2, 0.25) is 0 Å².